The molecule has 1 aromatic rings. The number of rotatable bonds is 3. The lowest BCUT2D eigenvalue weighted by Gasteiger charge is -2.01. The van der Waals surface area contributed by atoms with Crippen LogP contribution in [0, 0.1) is 0 Å². The van der Waals surface area contributed by atoms with Gasteiger partial charge in [0.2, 0.25) is 5.89 Å². The fourth-order valence-corrected chi connectivity index (χ4v) is 1.85. The van der Waals surface area contributed by atoms with Crippen molar-refractivity contribution in [2.24, 2.45) is 0 Å². The average molecular weight is 238 g/mol. The second-order valence-corrected chi connectivity index (χ2v) is 4.55. The van der Waals surface area contributed by atoms with Gasteiger partial charge in [-0.15, -0.1) is 0 Å². The summed E-state index contributed by atoms with van der Waals surface area (Å²) in [6.07, 6.45) is 2.18. The standard InChI is InChI=1S/C10H14N4O3/c15-6-3-7(11-4-6)10-13-8(14-17-10)9(16)12-5-1-2-5/h5-7,11,15H,1-4H2,(H,12,16)/t6-,7-/m1/s1. The highest BCUT2D eigenvalue weighted by Crippen LogP contribution is 2.22. The number of nitrogens with one attached hydrogen (secondary N) is 2. The first-order valence-corrected chi connectivity index (χ1v) is 5.78. The molecule has 2 atom stereocenters. The number of aromatic nitrogens is 2. The van der Waals surface area contributed by atoms with Gasteiger partial charge in [0.1, 0.15) is 0 Å². The lowest BCUT2D eigenvalue weighted by Crippen LogP contribution is -2.26. The molecule has 0 aromatic carbocycles. The zero-order valence-corrected chi connectivity index (χ0v) is 9.22. The van der Waals surface area contributed by atoms with Gasteiger partial charge >= 0.3 is 0 Å². The van der Waals surface area contributed by atoms with E-state index in [-0.39, 0.29) is 23.8 Å². The van der Waals surface area contributed by atoms with Crippen molar-refractivity contribution >= 4 is 5.91 Å². The maximum absolute atomic E-state index is 11.6. The summed E-state index contributed by atoms with van der Waals surface area (Å²) in [4.78, 5) is 15.7. The molecule has 2 heterocycles. The molecule has 1 saturated heterocycles. The van der Waals surface area contributed by atoms with Crippen molar-refractivity contribution < 1.29 is 14.4 Å². The third-order valence-electron chi connectivity index (χ3n) is 2.96. The monoisotopic (exact) mass is 238 g/mol. The zero-order valence-electron chi connectivity index (χ0n) is 9.22. The second-order valence-electron chi connectivity index (χ2n) is 4.55. The van der Waals surface area contributed by atoms with Crippen molar-refractivity contribution in [3.05, 3.63) is 11.7 Å². The smallest absolute Gasteiger partial charge is 0.292 e. The van der Waals surface area contributed by atoms with Gasteiger partial charge in [0.05, 0.1) is 12.1 Å². The first-order chi connectivity index (χ1) is 8.22. The van der Waals surface area contributed by atoms with E-state index >= 15 is 0 Å². The Labute approximate surface area is 97.6 Å². The highest BCUT2D eigenvalue weighted by atomic mass is 16.5. The van der Waals surface area contributed by atoms with Crippen molar-refractivity contribution in [2.45, 2.75) is 37.5 Å². The summed E-state index contributed by atoms with van der Waals surface area (Å²) in [5.74, 6) is 0.138. The molecule has 1 amide bonds. The van der Waals surface area contributed by atoms with E-state index in [4.69, 9.17) is 4.52 Å². The van der Waals surface area contributed by atoms with Crippen molar-refractivity contribution in [3.63, 3.8) is 0 Å². The highest BCUT2D eigenvalue weighted by Gasteiger charge is 2.30. The summed E-state index contributed by atoms with van der Waals surface area (Å²) in [7, 11) is 0. The van der Waals surface area contributed by atoms with Crippen LogP contribution in [-0.4, -0.2) is 39.8 Å². The van der Waals surface area contributed by atoms with Crippen molar-refractivity contribution in [3.8, 4) is 0 Å². The van der Waals surface area contributed by atoms with E-state index in [0.29, 0.717) is 18.9 Å². The van der Waals surface area contributed by atoms with Gasteiger partial charge in [-0.05, 0) is 19.3 Å². The summed E-state index contributed by atoms with van der Waals surface area (Å²) in [5, 5.41) is 18.9. The molecule has 1 aliphatic carbocycles. The first kappa shape index (κ1) is 10.7. The fourth-order valence-electron chi connectivity index (χ4n) is 1.85. The highest BCUT2D eigenvalue weighted by molar-refractivity contribution is 5.90. The summed E-state index contributed by atoms with van der Waals surface area (Å²) in [5.41, 5.74) is 0. The molecule has 0 bridgehead atoms. The molecule has 1 saturated carbocycles. The molecule has 1 aromatic heterocycles. The van der Waals surface area contributed by atoms with E-state index in [1.165, 1.54) is 0 Å². The van der Waals surface area contributed by atoms with Crippen LogP contribution in [0.25, 0.3) is 0 Å². The Morgan fingerprint density at radius 1 is 1.53 bits per heavy atom. The Bertz CT molecular complexity index is 429. The van der Waals surface area contributed by atoms with Gasteiger partial charge < -0.3 is 20.3 Å². The van der Waals surface area contributed by atoms with Crippen molar-refractivity contribution in [2.75, 3.05) is 6.54 Å². The minimum atomic E-state index is -0.393. The normalized spacial score (nSPS) is 28.3. The van der Waals surface area contributed by atoms with Crippen LogP contribution in [0.15, 0.2) is 4.52 Å². The number of aliphatic hydroxyl groups is 1. The Hall–Kier alpha value is -1.47. The lowest BCUT2D eigenvalue weighted by atomic mass is 10.2. The Kier molecular flexibility index (Phi) is 2.56. The number of β-amino-alcohol motifs (C(OH)–C–C–N with tert-alkyl or cyclic N) is 1. The van der Waals surface area contributed by atoms with Gasteiger partial charge in [0.25, 0.3) is 11.7 Å². The van der Waals surface area contributed by atoms with E-state index in [1.807, 2.05) is 0 Å². The van der Waals surface area contributed by atoms with Crippen LogP contribution in [0.5, 0.6) is 0 Å². The van der Waals surface area contributed by atoms with Crippen LogP contribution >= 0.6 is 0 Å². The lowest BCUT2D eigenvalue weighted by molar-refractivity contribution is 0.0937. The molecule has 7 heteroatoms. The predicted molar refractivity (Wildman–Crippen MR) is 56.2 cm³/mol. The molecule has 92 valence electrons. The number of aliphatic hydroxyl groups excluding tert-OH is 1. The maximum Gasteiger partial charge on any atom is 0.292 e. The molecule has 2 fully saturated rings. The van der Waals surface area contributed by atoms with Crippen LogP contribution < -0.4 is 10.6 Å². The van der Waals surface area contributed by atoms with Gasteiger partial charge in [-0.2, -0.15) is 4.98 Å². The molecule has 3 N–H and O–H groups in total. The number of carbonyl (C=O) groups is 1. The van der Waals surface area contributed by atoms with Gasteiger partial charge in [0.15, 0.2) is 0 Å². The van der Waals surface area contributed by atoms with Gasteiger partial charge in [-0.25, -0.2) is 0 Å². The number of amides is 1. The zero-order chi connectivity index (χ0) is 11.8. The SMILES string of the molecule is O=C(NC1CC1)c1noc([C@H]2C[C@@H](O)CN2)n1. The van der Waals surface area contributed by atoms with Crippen molar-refractivity contribution in [1.29, 1.82) is 0 Å². The largest absolute Gasteiger partial charge is 0.392 e. The van der Waals surface area contributed by atoms with Crippen LogP contribution in [0.4, 0.5) is 0 Å². The quantitative estimate of drug-likeness (QED) is 0.647. The van der Waals surface area contributed by atoms with Gasteiger partial charge in [-0.3, -0.25) is 4.79 Å². The second kappa shape index (κ2) is 4.08. The number of hydrogen-bond donors (Lipinski definition) is 3. The van der Waals surface area contributed by atoms with Gasteiger partial charge in [0, 0.05) is 12.6 Å². The van der Waals surface area contributed by atoms with Crippen LogP contribution in [0.2, 0.25) is 0 Å². The molecule has 0 unspecified atom stereocenters. The third kappa shape index (κ3) is 2.29. The van der Waals surface area contributed by atoms with E-state index in [2.05, 4.69) is 20.8 Å². The van der Waals surface area contributed by atoms with Gasteiger partial charge in [-0.1, -0.05) is 5.16 Å². The van der Waals surface area contributed by atoms with Crippen LogP contribution in [0.1, 0.15) is 41.8 Å². The third-order valence-corrected chi connectivity index (χ3v) is 2.96. The molecular formula is C10H14N4O3. The molecule has 2 aliphatic rings. The van der Waals surface area contributed by atoms with E-state index in [1.54, 1.807) is 0 Å². The molecule has 7 nitrogen and oxygen atoms in total. The number of carbonyl (C=O) groups excluding carboxylic acids is 1. The summed E-state index contributed by atoms with van der Waals surface area (Å²) < 4.78 is 5.02. The minimum absolute atomic E-state index is 0.0649. The Morgan fingerprint density at radius 3 is 3.00 bits per heavy atom. The van der Waals surface area contributed by atoms with Crippen molar-refractivity contribution in [1.82, 2.24) is 20.8 Å². The molecule has 0 radical (unpaired) electrons. The first-order valence-electron chi connectivity index (χ1n) is 5.78. The predicted octanol–water partition coefficient (Wildman–Crippen LogP) is -0.643. The van der Waals surface area contributed by atoms with E-state index in [0.717, 1.165) is 12.8 Å². The van der Waals surface area contributed by atoms with E-state index in [9.17, 15) is 9.90 Å². The summed E-state index contributed by atoms with van der Waals surface area (Å²) in [6.45, 7) is 0.511. The summed E-state index contributed by atoms with van der Waals surface area (Å²) in [6, 6.07) is 0.121. The maximum atomic E-state index is 11.6. The number of hydrogen-bond acceptors (Lipinski definition) is 6. The van der Waals surface area contributed by atoms with Crippen LogP contribution in [-0.2, 0) is 0 Å². The molecule has 1 aliphatic heterocycles. The minimum Gasteiger partial charge on any atom is -0.392 e. The fraction of sp³-hybridized carbons (Fsp3) is 0.700. The molecular weight excluding hydrogens is 224 g/mol. The van der Waals surface area contributed by atoms with Crippen LogP contribution in [0.3, 0.4) is 0 Å². The topological polar surface area (TPSA) is 100 Å². The van der Waals surface area contributed by atoms with E-state index < -0.39 is 6.10 Å². The summed E-state index contributed by atoms with van der Waals surface area (Å²) >= 11 is 0. The molecule has 3 rings (SSSR count). The Morgan fingerprint density at radius 2 is 2.35 bits per heavy atom. The average Bonchev–Trinajstić information content (AvgIpc) is 2.81. The molecule has 0 spiro atoms. The Balaban J connectivity index is 1.66. The number of nitrogens with zero attached hydrogens (tertiary/aromatic N) is 2. The molecule has 17 heavy (non-hydrogen) atoms.